The first-order valence-electron chi connectivity index (χ1n) is 18.0. The number of nitrogens with zero attached hydrogens (tertiary/aromatic N) is 1. The topological polar surface area (TPSA) is 224 Å². The molecule has 0 aliphatic rings. The molecule has 0 spiro atoms. The van der Waals surface area contributed by atoms with E-state index in [1.165, 1.54) is 47.8 Å². The van der Waals surface area contributed by atoms with Crippen molar-refractivity contribution in [3.63, 3.8) is 0 Å². The van der Waals surface area contributed by atoms with Gasteiger partial charge < -0.3 is 57.0 Å². The van der Waals surface area contributed by atoms with Crippen molar-refractivity contribution in [1.82, 2.24) is 0 Å². The maximum atomic E-state index is 11.3. The van der Waals surface area contributed by atoms with Crippen molar-refractivity contribution in [1.29, 1.82) is 0 Å². The quantitative estimate of drug-likeness (QED) is 0.0143. The minimum absolute atomic E-state index is 0. The van der Waals surface area contributed by atoms with Crippen molar-refractivity contribution >= 4 is 72.1 Å². The zero-order valence-electron chi connectivity index (χ0n) is 34.8. The second-order valence-corrected chi connectivity index (χ2v) is 13.9. The first kappa shape index (κ1) is 57.4. The number of aromatic hydroxyl groups is 7. The SMILES string of the molecule is CS[CH-]C(=O)Oc1ccc(/C=C/c2cc(O)cc(O)c2)cc1.O=NS[CH-]C(=O)Oc1ccc(/C=C/c2cc(O)cc(O)c2)cc1.Oc1ccc(/C=C/c2cc(O)cc(O)c2)cc1.[Re].[Re].[Rf].[Rf]. The third-order valence-electron chi connectivity index (χ3n) is 7.68. The van der Waals surface area contributed by atoms with E-state index in [4.69, 9.17) is 14.6 Å². The number of carbonyl (C=O) groups excluding carboxylic acids is 2. The van der Waals surface area contributed by atoms with Gasteiger partial charge in [-0.2, -0.15) is 0 Å². The maximum Gasteiger partial charge on any atom is 0.186 e. The van der Waals surface area contributed by atoms with Crippen LogP contribution in [0.1, 0.15) is 33.4 Å². The molecule has 7 N–H and O–H groups in total. The number of esters is 2. The van der Waals surface area contributed by atoms with Crippen molar-refractivity contribution in [2.45, 2.75) is 0 Å². The van der Waals surface area contributed by atoms with Crippen LogP contribution < -0.4 is 9.47 Å². The zero-order valence-corrected chi connectivity index (χ0v) is 54.7. The van der Waals surface area contributed by atoms with Gasteiger partial charge in [0.15, 0.2) is 11.9 Å². The molecule has 66 heavy (non-hydrogen) atoms. The average molecular weight is 1780 g/mol. The monoisotopic (exact) mass is 1780 g/mol. The fraction of sp³-hybridized carbons (Fsp3) is 0.0213. The normalized spacial score (nSPS) is 9.95. The summed E-state index contributed by atoms with van der Waals surface area (Å²) in [5.41, 5.74) is 4.69. The number of hydrogen-bond donors (Lipinski definition) is 7. The average Bonchev–Trinajstić information content (AvgIpc) is 3.22. The summed E-state index contributed by atoms with van der Waals surface area (Å²) in [5.74, 6) is 2.34. The molecule has 13 nitrogen and oxygen atoms in total. The first-order valence-corrected chi connectivity index (χ1v) is 20.1. The van der Waals surface area contributed by atoms with Crippen LogP contribution in [0.25, 0.3) is 36.5 Å². The summed E-state index contributed by atoms with van der Waals surface area (Å²) < 4.78 is 12.5. The van der Waals surface area contributed by atoms with Gasteiger partial charge in [-0.15, -0.1) is 16.9 Å². The van der Waals surface area contributed by atoms with Crippen LogP contribution in [0.3, 0.4) is 0 Å². The van der Waals surface area contributed by atoms with Crippen molar-refractivity contribution in [3.05, 3.63) is 177 Å². The van der Waals surface area contributed by atoms with Crippen LogP contribution in [0.5, 0.6) is 51.7 Å². The summed E-state index contributed by atoms with van der Waals surface area (Å²) in [4.78, 5) is 32.5. The molecule has 0 aliphatic heterocycles. The summed E-state index contributed by atoms with van der Waals surface area (Å²) in [6.07, 6.45) is 12.5. The number of carbonyl (C=O) groups is 2. The molecule has 2 radical (unpaired) electrons. The molecule has 0 fully saturated rings. The van der Waals surface area contributed by atoms with E-state index in [2.05, 4.69) is 4.58 Å². The molecule has 0 heterocycles. The van der Waals surface area contributed by atoms with E-state index in [0.29, 0.717) is 40.1 Å². The number of hydrogen-bond acceptors (Lipinski definition) is 15. The van der Waals surface area contributed by atoms with Crippen LogP contribution in [0.15, 0.2) is 132 Å². The Morgan fingerprint density at radius 1 is 0.439 bits per heavy atom. The van der Waals surface area contributed by atoms with Crippen LogP contribution in [0.2, 0.25) is 0 Å². The Morgan fingerprint density at radius 3 is 1.00 bits per heavy atom. The van der Waals surface area contributed by atoms with E-state index in [0.717, 1.165) is 22.4 Å². The summed E-state index contributed by atoms with van der Waals surface area (Å²) in [5, 5.41) is 65.3. The van der Waals surface area contributed by atoms with Crippen LogP contribution >= 0.6 is 23.7 Å². The Bertz CT molecular complexity index is 2470. The Balaban J connectivity index is 0.000000941. The number of benzene rings is 6. The smallest absolute Gasteiger partial charge is 0.186 e. The van der Waals surface area contributed by atoms with E-state index in [1.807, 2.05) is 12.2 Å². The van der Waals surface area contributed by atoms with Crippen molar-refractivity contribution in [2.75, 3.05) is 6.26 Å². The Kier molecular flexibility index (Phi) is 25.8. The fourth-order valence-corrected chi connectivity index (χ4v) is 5.46. The Hall–Kier alpha value is -8.56. The number of ether oxygens (including phenoxy) is 2. The predicted octanol–water partition coefficient (Wildman–Crippen LogP) is 10.4. The molecular formula is C47H39NO12Re2Rf2S2-2. The van der Waals surface area contributed by atoms with E-state index in [9.17, 15) is 45.1 Å². The molecule has 0 saturated heterocycles. The van der Waals surface area contributed by atoms with Crippen molar-refractivity contribution in [2.24, 2.45) is 4.58 Å². The van der Waals surface area contributed by atoms with Crippen LogP contribution in [0.4, 0.5) is 0 Å². The molecule has 19 heteroatoms. The van der Waals surface area contributed by atoms with Gasteiger partial charge in [0, 0.05) is 59.0 Å². The molecule has 6 aromatic carbocycles. The van der Waals surface area contributed by atoms with E-state index >= 15 is 0 Å². The number of phenols is 7. The zero-order chi connectivity index (χ0) is 44.9. The van der Waals surface area contributed by atoms with Crippen LogP contribution in [-0.2, 0) is 50.4 Å². The minimum Gasteiger partial charge on any atom is -0.508 e. The van der Waals surface area contributed by atoms with Crippen molar-refractivity contribution < 1.29 is 95.7 Å². The molecule has 336 valence electrons. The van der Waals surface area contributed by atoms with Gasteiger partial charge in [0.05, 0.1) is 0 Å². The molecular weight excluding hydrogens is 1740 g/mol. The van der Waals surface area contributed by atoms with E-state index in [-0.39, 0.29) is 81.1 Å². The number of rotatable bonds is 13. The predicted molar refractivity (Wildman–Crippen MR) is 244 cm³/mol. The van der Waals surface area contributed by atoms with Crippen LogP contribution in [0, 0.1) is 16.4 Å². The summed E-state index contributed by atoms with van der Waals surface area (Å²) in [7, 11) is 0. The molecule has 0 aromatic heterocycles. The molecule has 0 atom stereocenters. The van der Waals surface area contributed by atoms with Gasteiger partial charge in [0.1, 0.15) is 51.7 Å². The third kappa shape index (κ3) is 21.5. The Morgan fingerprint density at radius 2 is 0.712 bits per heavy atom. The van der Waals surface area contributed by atoms with E-state index < -0.39 is 11.9 Å². The summed E-state index contributed by atoms with van der Waals surface area (Å²) in [6.45, 7) is 0. The molecule has 6 aromatic rings. The second-order valence-electron chi connectivity index (χ2n) is 12.6. The Labute approximate surface area is 404 Å². The van der Waals surface area contributed by atoms with Crippen molar-refractivity contribution in [3.8, 4) is 51.7 Å². The second kappa shape index (κ2) is 29.7. The molecule has 0 bridgehead atoms. The van der Waals surface area contributed by atoms with Gasteiger partial charge in [-0.25, -0.2) is 11.5 Å². The molecule has 0 amide bonds. The molecule has 0 aliphatic carbocycles. The number of thioether (sulfide) groups is 1. The van der Waals surface area contributed by atoms with Gasteiger partial charge in [0.2, 0.25) is 0 Å². The minimum atomic E-state index is -0.673. The maximum absolute atomic E-state index is 11.3. The fourth-order valence-electron chi connectivity index (χ4n) is 5.04. The number of phenolic OH excluding ortho intramolecular Hbond substituents is 7. The number of nitroso groups, excluding NO2 is 1. The van der Waals surface area contributed by atoms with E-state index in [1.54, 1.807) is 128 Å². The van der Waals surface area contributed by atoms with Gasteiger partial charge in [0.25, 0.3) is 0 Å². The third-order valence-corrected chi connectivity index (χ3v) is 8.49. The summed E-state index contributed by atoms with van der Waals surface area (Å²) >= 11 is 1.75. The summed E-state index contributed by atoms with van der Waals surface area (Å²) in [6, 6.07) is 33.4. The largest absolute Gasteiger partial charge is 0.508 e. The van der Waals surface area contributed by atoms with Gasteiger partial charge in [-0.1, -0.05) is 72.9 Å². The van der Waals surface area contributed by atoms with Gasteiger partial charge >= 0.3 is 0 Å². The molecule has 0 unspecified atom stereocenters. The molecule has 0 saturated carbocycles. The van der Waals surface area contributed by atoms with Gasteiger partial charge in [-0.3, -0.25) is 9.59 Å². The standard InChI is InChI=1S/C17H15O4S.C16H12NO5S.C14H12O3.2Re.2Rf/c1-22-11-17(20)21-16-6-4-12(5-7-16)2-3-13-8-14(18)10-15(19)9-13;18-13-7-12(8-14(19)9-13)2-1-11-3-5-15(6-4-11)22-16(20)10-23-17-21;15-12-5-3-10(4-6-12)1-2-11-7-13(16)9-14(17)8-11;;;;/h2-11,18-19H,1H3;1-10,18-19H;1-9,15-17H;;;;/q2*-1;;;;;/b3-2+;2*2-1+;;;;. The molecule has 6 rings (SSSR count). The van der Waals surface area contributed by atoms with Gasteiger partial charge in [-0.05, 0) is 117 Å². The first-order chi connectivity index (χ1) is 29.8. The van der Waals surface area contributed by atoms with Crippen LogP contribution in [-0.4, -0.2) is 53.9 Å².